The van der Waals surface area contributed by atoms with Gasteiger partial charge in [-0.25, -0.2) is 17.9 Å². The quantitative estimate of drug-likeness (QED) is 0.320. The molecule has 0 aromatic rings. The van der Waals surface area contributed by atoms with Gasteiger partial charge in [0.05, 0.1) is 31.6 Å². The minimum atomic E-state index is -3.53. The Kier molecular flexibility index (Phi) is 6.82. The zero-order valence-corrected chi connectivity index (χ0v) is 13.5. The number of sulfonamides is 1. The van der Waals surface area contributed by atoms with Gasteiger partial charge in [-0.2, -0.15) is 0 Å². The predicted octanol–water partition coefficient (Wildman–Crippen LogP) is 0.881. The number of rotatable bonds is 7. The van der Waals surface area contributed by atoms with Gasteiger partial charge in [-0.05, 0) is 24.4 Å². The highest BCUT2D eigenvalue weighted by Crippen LogP contribution is 2.26. The van der Waals surface area contributed by atoms with Gasteiger partial charge in [0.15, 0.2) is 0 Å². The number of nitrogens with zero attached hydrogens (tertiary/aromatic N) is 3. The lowest BCUT2D eigenvalue weighted by atomic mass is 9.89. The largest absolute Gasteiger partial charge is 0.466 e. The van der Waals surface area contributed by atoms with E-state index in [0.29, 0.717) is 12.2 Å². The molecule has 3 atom stereocenters. The third-order valence-corrected chi connectivity index (χ3v) is 3.78. The number of esters is 1. The van der Waals surface area contributed by atoms with Crippen LogP contribution in [0.5, 0.6) is 0 Å². The van der Waals surface area contributed by atoms with Crippen molar-refractivity contribution in [3.05, 3.63) is 22.1 Å². The molecule has 124 valence electrons. The molecular formula is C12H20N4O5S. The number of azide groups is 1. The molecular weight excluding hydrogens is 312 g/mol. The van der Waals surface area contributed by atoms with Crippen molar-refractivity contribution in [3.8, 4) is 0 Å². The normalized spacial score (nSPS) is 25.0. The Bertz CT molecular complexity index is 582. The lowest BCUT2D eigenvalue weighted by Gasteiger charge is -2.34. The van der Waals surface area contributed by atoms with Crippen molar-refractivity contribution in [1.29, 1.82) is 0 Å². The molecule has 0 heterocycles. The molecule has 0 saturated heterocycles. The second kappa shape index (κ2) is 8.14. The van der Waals surface area contributed by atoms with Crippen molar-refractivity contribution >= 4 is 16.0 Å². The van der Waals surface area contributed by atoms with Crippen LogP contribution in [0.1, 0.15) is 19.8 Å². The van der Waals surface area contributed by atoms with Crippen LogP contribution in [0, 0.1) is 0 Å². The maximum atomic E-state index is 11.7. The van der Waals surface area contributed by atoms with E-state index in [4.69, 9.17) is 10.3 Å². The molecule has 1 rings (SSSR count). The van der Waals surface area contributed by atoms with Crippen LogP contribution in [0.25, 0.3) is 10.4 Å². The molecule has 0 bridgehead atoms. The third-order valence-electron chi connectivity index (χ3n) is 3.08. The first-order valence-electron chi connectivity index (χ1n) is 6.74. The molecule has 3 unspecified atom stereocenters. The molecule has 0 amide bonds. The zero-order valence-electron chi connectivity index (χ0n) is 12.7. The van der Waals surface area contributed by atoms with Crippen LogP contribution in [-0.4, -0.2) is 52.5 Å². The van der Waals surface area contributed by atoms with E-state index in [-0.39, 0.29) is 6.42 Å². The minimum Gasteiger partial charge on any atom is -0.466 e. The molecule has 0 spiro atoms. The van der Waals surface area contributed by atoms with E-state index in [9.17, 15) is 13.2 Å². The van der Waals surface area contributed by atoms with Crippen molar-refractivity contribution in [2.75, 3.05) is 20.0 Å². The van der Waals surface area contributed by atoms with Crippen LogP contribution in [0.3, 0.4) is 0 Å². The number of ether oxygens (including phenoxy) is 2. The lowest BCUT2D eigenvalue weighted by Crippen LogP contribution is -2.52. The summed E-state index contributed by atoms with van der Waals surface area (Å²) in [5.41, 5.74) is 8.98. The van der Waals surface area contributed by atoms with Crippen molar-refractivity contribution in [2.45, 2.75) is 38.0 Å². The fraction of sp³-hybridized carbons (Fsp3) is 0.750. The predicted molar refractivity (Wildman–Crippen MR) is 79.4 cm³/mol. The molecule has 0 aromatic heterocycles. The fourth-order valence-corrected chi connectivity index (χ4v) is 2.99. The van der Waals surface area contributed by atoms with Gasteiger partial charge in [0, 0.05) is 17.1 Å². The van der Waals surface area contributed by atoms with E-state index in [1.54, 1.807) is 0 Å². The van der Waals surface area contributed by atoms with Gasteiger partial charge in [-0.3, -0.25) is 0 Å². The Morgan fingerprint density at radius 1 is 1.59 bits per heavy atom. The number of carbonyl (C=O) groups is 1. The highest BCUT2D eigenvalue weighted by atomic mass is 32.2. The van der Waals surface area contributed by atoms with Crippen LogP contribution < -0.4 is 4.72 Å². The third kappa shape index (κ3) is 5.30. The Morgan fingerprint density at radius 2 is 2.27 bits per heavy atom. The van der Waals surface area contributed by atoms with Gasteiger partial charge in [-0.15, -0.1) is 0 Å². The second-order valence-corrected chi connectivity index (χ2v) is 6.69. The first-order valence-corrected chi connectivity index (χ1v) is 8.63. The zero-order chi connectivity index (χ0) is 16.8. The van der Waals surface area contributed by atoms with E-state index < -0.39 is 34.2 Å². The van der Waals surface area contributed by atoms with Gasteiger partial charge in [-0.1, -0.05) is 12.0 Å². The van der Waals surface area contributed by atoms with E-state index in [1.807, 2.05) is 6.92 Å². The summed E-state index contributed by atoms with van der Waals surface area (Å²) in [6.07, 6.45) is 2.61. The van der Waals surface area contributed by atoms with E-state index in [1.165, 1.54) is 13.2 Å². The summed E-state index contributed by atoms with van der Waals surface area (Å²) in [4.78, 5) is 14.4. The van der Waals surface area contributed by atoms with Crippen LogP contribution in [0.4, 0.5) is 0 Å². The van der Waals surface area contributed by atoms with Gasteiger partial charge >= 0.3 is 5.97 Å². The van der Waals surface area contributed by atoms with Crippen molar-refractivity contribution in [1.82, 2.24) is 4.72 Å². The van der Waals surface area contributed by atoms with Crippen LogP contribution >= 0.6 is 0 Å². The second-order valence-electron chi connectivity index (χ2n) is 4.91. The Balaban J connectivity index is 3.17. The maximum Gasteiger partial charge on any atom is 0.333 e. The van der Waals surface area contributed by atoms with Crippen molar-refractivity contribution in [2.24, 2.45) is 5.11 Å². The highest BCUT2D eigenvalue weighted by molar-refractivity contribution is 7.88. The molecule has 0 fully saturated rings. The van der Waals surface area contributed by atoms with Crippen LogP contribution in [0.15, 0.2) is 16.8 Å². The molecule has 1 aliphatic rings. The lowest BCUT2D eigenvalue weighted by molar-refractivity contribution is -0.136. The molecule has 0 aliphatic heterocycles. The molecule has 0 radical (unpaired) electrons. The smallest absolute Gasteiger partial charge is 0.333 e. The summed E-state index contributed by atoms with van der Waals surface area (Å²) in [6.45, 7) is 2.28. The Labute approximate surface area is 129 Å². The first-order chi connectivity index (χ1) is 10.3. The van der Waals surface area contributed by atoms with Gasteiger partial charge in [0.1, 0.15) is 0 Å². The average Bonchev–Trinajstić information content (AvgIpc) is 2.45. The number of hydrogen-bond donors (Lipinski definition) is 1. The number of methoxy groups -OCH3 is 1. The standard InChI is InChI=1S/C12H20N4O5S/c1-4-5-21-10-7-8(12(17)20-2)6-9(14-16-13)11(10)15-22(3,18)19/h7,9-11,15H,4-6H2,1-3H3. The molecule has 0 aromatic carbocycles. The molecule has 9 nitrogen and oxygen atoms in total. The number of nitrogens with one attached hydrogen (secondary N) is 1. The Morgan fingerprint density at radius 3 is 2.77 bits per heavy atom. The Hall–Kier alpha value is -1.61. The monoisotopic (exact) mass is 332 g/mol. The maximum absolute atomic E-state index is 11.7. The summed E-state index contributed by atoms with van der Waals surface area (Å²) >= 11 is 0. The van der Waals surface area contributed by atoms with E-state index in [0.717, 1.165) is 12.7 Å². The number of carbonyl (C=O) groups excluding carboxylic acids is 1. The van der Waals surface area contributed by atoms with E-state index >= 15 is 0 Å². The molecule has 1 aliphatic carbocycles. The number of hydrogen-bond acceptors (Lipinski definition) is 6. The summed E-state index contributed by atoms with van der Waals surface area (Å²) in [7, 11) is -2.29. The van der Waals surface area contributed by atoms with Crippen LogP contribution in [0.2, 0.25) is 0 Å². The van der Waals surface area contributed by atoms with Gasteiger partial charge in [0.25, 0.3) is 0 Å². The fourth-order valence-electron chi connectivity index (χ4n) is 2.20. The molecule has 1 N–H and O–H groups in total. The van der Waals surface area contributed by atoms with Crippen LogP contribution in [-0.2, 0) is 24.3 Å². The summed E-state index contributed by atoms with van der Waals surface area (Å²) in [5, 5.41) is 3.60. The topological polar surface area (TPSA) is 130 Å². The highest BCUT2D eigenvalue weighted by Gasteiger charge is 2.37. The SMILES string of the molecule is CCCOC1C=C(C(=O)OC)CC(N=[N+]=[N-])C1NS(C)(=O)=O. The molecule has 0 saturated carbocycles. The van der Waals surface area contributed by atoms with Gasteiger partial charge in [0.2, 0.25) is 10.0 Å². The van der Waals surface area contributed by atoms with Crippen molar-refractivity contribution < 1.29 is 22.7 Å². The van der Waals surface area contributed by atoms with Gasteiger partial charge < -0.3 is 9.47 Å². The molecule has 10 heteroatoms. The first kappa shape index (κ1) is 18.4. The summed E-state index contributed by atoms with van der Waals surface area (Å²) < 4.78 is 35.7. The minimum absolute atomic E-state index is 0.0793. The summed E-state index contributed by atoms with van der Waals surface area (Å²) in [6, 6.07) is -1.55. The molecule has 22 heavy (non-hydrogen) atoms. The van der Waals surface area contributed by atoms with Crippen molar-refractivity contribution in [3.63, 3.8) is 0 Å². The summed E-state index contributed by atoms with van der Waals surface area (Å²) in [5.74, 6) is -0.555. The van der Waals surface area contributed by atoms with E-state index in [2.05, 4.69) is 19.5 Å². The average molecular weight is 332 g/mol.